The van der Waals surface area contributed by atoms with Crippen molar-refractivity contribution in [3.05, 3.63) is 0 Å². The molecule has 0 heterocycles. The van der Waals surface area contributed by atoms with E-state index in [0.717, 1.165) is 0 Å². The second-order valence-corrected chi connectivity index (χ2v) is 13.1. The third kappa shape index (κ3) is 7.62. The molecule has 164 valence electrons. The molecule has 0 fully saturated rings. The average Bonchev–Trinajstić information content (AvgIpc) is 2.78. The molecule has 0 atom stereocenters. The molecule has 9 nitrogen and oxygen atoms in total. The molecule has 0 spiro atoms. The molecule has 0 aliphatic rings. The molecule has 0 aliphatic heterocycles. The summed E-state index contributed by atoms with van der Waals surface area (Å²) in [6.07, 6.45) is 0. The molecule has 0 aromatic rings. The lowest BCUT2D eigenvalue weighted by Crippen LogP contribution is -2.43. The monoisotopic (exact) mass is 462 g/mol. The molecule has 0 aromatic carbocycles. The van der Waals surface area contributed by atoms with Crippen LogP contribution in [0.4, 0.5) is 0 Å². The van der Waals surface area contributed by atoms with E-state index in [-0.39, 0.29) is 0 Å². The Morgan fingerprint density at radius 1 is 0.414 bits per heavy atom. The summed E-state index contributed by atoms with van der Waals surface area (Å²) in [6, 6.07) is 0. The normalized spacial score (nSPS) is 12.2. The molecule has 0 aliphatic carbocycles. The van der Waals surface area contributed by atoms with Gasteiger partial charge >= 0.3 is 26.4 Å². The molecular formula is C17H30O9Si3. The van der Waals surface area contributed by atoms with E-state index in [0.29, 0.717) is 0 Å². The first kappa shape index (κ1) is 28.0. The van der Waals surface area contributed by atoms with Gasteiger partial charge in [-0.2, -0.15) is 0 Å². The van der Waals surface area contributed by atoms with Gasteiger partial charge in [-0.15, -0.1) is 0 Å². The minimum atomic E-state index is -3.19. The van der Waals surface area contributed by atoms with Crippen molar-refractivity contribution in [1.82, 2.24) is 0 Å². The molecule has 0 saturated heterocycles. The number of hydrogen-bond acceptors (Lipinski definition) is 9. The molecule has 0 rings (SSSR count). The van der Waals surface area contributed by atoms with E-state index < -0.39 is 31.8 Å². The highest BCUT2D eigenvalue weighted by Gasteiger charge is 2.40. The summed E-state index contributed by atoms with van der Waals surface area (Å²) in [4.78, 5) is 0. The van der Waals surface area contributed by atoms with Crippen LogP contribution in [0.3, 0.4) is 0 Å². The van der Waals surface area contributed by atoms with Crippen molar-refractivity contribution < 1.29 is 39.8 Å². The van der Waals surface area contributed by atoms with Crippen LogP contribution in [0.25, 0.3) is 0 Å². The van der Waals surface area contributed by atoms with Gasteiger partial charge in [-0.05, 0) is 23.6 Å². The van der Waals surface area contributed by atoms with E-state index in [1.54, 1.807) is 6.92 Å². The van der Waals surface area contributed by atoms with Crippen molar-refractivity contribution in [2.75, 3.05) is 64.0 Å². The largest absolute Gasteiger partial charge is 0.590 e. The van der Waals surface area contributed by atoms with Gasteiger partial charge in [0.1, 0.15) is 5.41 Å². The summed E-state index contributed by atoms with van der Waals surface area (Å²) in [5.74, 6) is 8.94. The van der Waals surface area contributed by atoms with Gasteiger partial charge in [0, 0.05) is 64.0 Å². The molecule has 0 radical (unpaired) electrons. The van der Waals surface area contributed by atoms with Gasteiger partial charge in [-0.25, -0.2) is 0 Å². The Morgan fingerprint density at radius 3 is 0.724 bits per heavy atom. The third-order valence-electron chi connectivity index (χ3n) is 3.82. The van der Waals surface area contributed by atoms with E-state index >= 15 is 0 Å². The fourth-order valence-electron chi connectivity index (χ4n) is 1.91. The second kappa shape index (κ2) is 12.6. The standard InChI is InChI=1S/C17H30O9Si3/c1-17(11-14-27(18-2,19-3)20-4,12-15-28(21-5,22-6)23-7)13-16-29(24-8,25-9)26-10/h1-10H3. The Morgan fingerprint density at radius 2 is 0.586 bits per heavy atom. The fourth-order valence-corrected chi connectivity index (χ4v) is 5.54. The molecule has 29 heavy (non-hydrogen) atoms. The van der Waals surface area contributed by atoms with Crippen molar-refractivity contribution in [2.24, 2.45) is 5.41 Å². The molecule has 0 N–H and O–H groups in total. The summed E-state index contributed by atoms with van der Waals surface area (Å²) in [5.41, 5.74) is 7.54. The molecule has 12 heteroatoms. The van der Waals surface area contributed by atoms with Crippen LogP contribution in [-0.4, -0.2) is 90.4 Å². The van der Waals surface area contributed by atoms with Crippen molar-refractivity contribution in [1.29, 1.82) is 0 Å². The zero-order chi connectivity index (χ0) is 22.6. The lowest BCUT2D eigenvalue weighted by atomic mass is 9.95. The van der Waals surface area contributed by atoms with Crippen LogP contribution in [0.15, 0.2) is 0 Å². The maximum atomic E-state index is 5.34. The maximum Gasteiger partial charge on any atom is 0.590 e. The van der Waals surface area contributed by atoms with Crippen molar-refractivity contribution in [3.63, 3.8) is 0 Å². The quantitative estimate of drug-likeness (QED) is 0.354. The first-order valence-corrected chi connectivity index (χ1v) is 13.4. The number of hydrogen-bond donors (Lipinski definition) is 0. The second-order valence-electron chi connectivity index (χ2n) is 5.38. The summed E-state index contributed by atoms with van der Waals surface area (Å²) >= 11 is 0. The lowest BCUT2D eigenvalue weighted by Gasteiger charge is -2.20. The van der Waals surface area contributed by atoms with Crippen LogP contribution in [0.1, 0.15) is 6.92 Å². The molecule has 0 bridgehead atoms. The van der Waals surface area contributed by atoms with Gasteiger partial charge < -0.3 is 39.8 Å². The van der Waals surface area contributed by atoms with Crippen LogP contribution in [0.5, 0.6) is 0 Å². The first-order valence-electron chi connectivity index (χ1n) is 8.26. The minimum absolute atomic E-state index is 1.18. The predicted octanol–water partition coefficient (Wildman–Crippen LogP) is 0.255. The van der Waals surface area contributed by atoms with E-state index in [4.69, 9.17) is 39.8 Å². The van der Waals surface area contributed by atoms with Gasteiger partial charge in [0.15, 0.2) is 0 Å². The highest BCUT2D eigenvalue weighted by Crippen LogP contribution is 2.17. The molecule has 0 saturated carbocycles. The summed E-state index contributed by atoms with van der Waals surface area (Å²) in [7, 11) is 3.56. The predicted molar refractivity (Wildman–Crippen MR) is 112 cm³/mol. The molecule has 0 unspecified atom stereocenters. The van der Waals surface area contributed by atoms with Crippen LogP contribution >= 0.6 is 0 Å². The first-order chi connectivity index (χ1) is 13.7. The van der Waals surface area contributed by atoms with E-state index in [1.807, 2.05) is 0 Å². The van der Waals surface area contributed by atoms with Crippen LogP contribution in [-0.2, 0) is 39.8 Å². The van der Waals surface area contributed by atoms with Crippen molar-refractivity contribution >= 4 is 26.4 Å². The smallest absolute Gasteiger partial charge is 0.367 e. The summed E-state index contributed by atoms with van der Waals surface area (Å²) in [6.45, 7) is 1.71. The van der Waals surface area contributed by atoms with E-state index in [1.165, 1.54) is 64.0 Å². The fraction of sp³-hybridized carbons (Fsp3) is 0.647. The minimum Gasteiger partial charge on any atom is -0.367 e. The molecule has 0 amide bonds. The Hall–Kier alpha value is -1.03. The Labute approximate surface area is 177 Å². The van der Waals surface area contributed by atoms with Crippen molar-refractivity contribution in [2.45, 2.75) is 6.92 Å². The van der Waals surface area contributed by atoms with Gasteiger partial charge in [-0.3, -0.25) is 0 Å². The highest BCUT2D eigenvalue weighted by molar-refractivity contribution is 6.70. The van der Waals surface area contributed by atoms with Gasteiger partial charge in [0.25, 0.3) is 0 Å². The average molecular weight is 463 g/mol. The SMILES string of the molecule is CO[Si](C#CC(C)(C#C[Si](OC)(OC)OC)C#C[Si](OC)(OC)OC)(OC)OC. The van der Waals surface area contributed by atoms with Crippen LogP contribution in [0, 0.1) is 39.8 Å². The van der Waals surface area contributed by atoms with Gasteiger partial charge in [0.05, 0.1) is 0 Å². The highest BCUT2D eigenvalue weighted by atomic mass is 28.4. The molecule has 0 aromatic heterocycles. The maximum absolute atomic E-state index is 5.34. The Balaban J connectivity index is 6.54. The van der Waals surface area contributed by atoms with Crippen LogP contribution < -0.4 is 0 Å². The zero-order valence-corrected chi connectivity index (χ0v) is 21.7. The number of rotatable bonds is 9. The topological polar surface area (TPSA) is 83.1 Å². The van der Waals surface area contributed by atoms with E-state index in [9.17, 15) is 0 Å². The third-order valence-corrected chi connectivity index (χ3v) is 9.95. The van der Waals surface area contributed by atoms with Gasteiger partial charge in [-0.1, -0.05) is 17.8 Å². The van der Waals surface area contributed by atoms with Crippen LogP contribution in [0.2, 0.25) is 0 Å². The summed E-state index contributed by atoms with van der Waals surface area (Å²) < 4.78 is 48.1. The van der Waals surface area contributed by atoms with E-state index in [2.05, 4.69) is 34.4 Å². The lowest BCUT2D eigenvalue weighted by molar-refractivity contribution is 0.141. The zero-order valence-electron chi connectivity index (χ0n) is 18.7. The summed E-state index contributed by atoms with van der Waals surface area (Å²) in [5, 5.41) is 0. The van der Waals surface area contributed by atoms with Gasteiger partial charge in [0.2, 0.25) is 0 Å². The Kier molecular flexibility index (Phi) is 12.2. The van der Waals surface area contributed by atoms with Crippen molar-refractivity contribution in [3.8, 4) is 34.4 Å². The Bertz CT molecular complexity index is 566. The molecular weight excluding hydrogens is 432 g/mol.